The molecule has 0 bridgehead atoms. The number of aromatic carboxylic acids is 1. The summed E-state index contributed by atoms with van der Waals surface area (Å²) in [6.07, 6.45) is 0. The van der Waals surface area contributed by atoms with E-state index in [1.165, 1.54) is 12.1 Å². The smallest absolute Gasteiger partial charge is 0.335 e. The van der Waals surface area contributed by atoms with E-state index in [4.69, 9.17) is 11.6 Å². The first-order valence-electron chi connectivity index (χ1n) is 9.74. The van der Waals surface area contributed by atoms with Gasteiger partial charge in [-0.15, -0.1) is 0 Å². The zero-order valence-electron chi connectivity index (χ0n) is 16.7. The lowest BCUT2D eigenvalue weighted by Crippen LogP contribution is -2.29. The molecule has 0 saturated heterocycles. The molecule has 5 nitrogen and oxygen atoms in total. The highest BCUT2D eigenvalue weighted by molar-refractivity contribution is 6.30. The Kier molecular flexibility index (Phi) is 5.53. The van der Waals surface area contributed by atoms with Gasteiger partial charge >= 0.3 is 5.97 Å². The molecule has 0 saturated carbocycles. The fourth-order valence-electron chi connectivity index (χ4n) is 3.79. The van der Waals surface area contributed by atoms with Gasteiger partial charge < -0.3 is 15.1 Å². The third kappa shape index (κ3) is 4.05. The molecule has 0 fully saturated rings. The van der Waals surface area contributed by atoms with Crippen LogP contribution in [0.3, 0.4) is 0 Å². The normalized spacial score (nSPS) is 16.1. The minimum absolute atomic E-state index is 0.155. The number of benzene rings is 3. The van der Waals surface area contributed by atoms with E-state index < -0.39 is 17.9 Å². The van der Waals surface area contributed by atoms with Crippen molar-refractivity contribution in [3.63, 3.8) is 0 Å². The molecule has 0 radical (unpaired) electrons. The summed E-state index contributed by atoms with van der Waals surface area (Å²) in [5.74, 6) is -1.80. The molecule has 0 aromatic heterocycles. The Bertz CT molecular complexity index is 1170. The molecule has 156 valence electrons. The van der Waals surface area contributed by atoms with Gasteiger partial charge in [-0.2, -0.15) is 0 Å². The van der Waals surface area contributed by atoms with E-state index in [9.17, 15) is 19.8 Å². The second-order valence-corrected chi connectivity index (χ2v) is 7.95. The number of aliphatic hydroxyl groups excluding tert-OH is 1. The van der Waals surface area contributed by atoms with Gasteiger partial charge in [0.25, 0.3) is 5.91 Å². The standard InChI is InChI=1S/C25H20ClNO4/c1-15-2-6-17(7-3-15)21-22(18-8-10-19(11-9-18)25(30)31)27(24(29)23(21)28)14-16-4-12-20(26)13-5-16/h2-13,22,28H,14H2,1H3,(H,30,31). The van der Waals surface area contributed by atoms with Crippen LogP contribution in [0.5, 0.6) is 0 Å². The Hall–Kier alpha value is -3.57. The van der Waals surface area contributed by atoms with E-state index in [1.54, 1.807) is 29.2 Å². The average Bonchev–Trinajstić information content (AvgIpc) is 3.01. The lowest BCUT2D eigenvalue weighted by molar-refractivity contribution is -0.130. The van der Waals surface area contributed by atoms with Crippen molar-refractivity contribution in [1.82, 2.24) is 4.90 Å². The number of aliphatic hydroxyl groups is 1. The number of carboxylic acid groups (broad SMARTS) is 1. The minimum atomic E-state index is -1.02. The number of amides is 1. The molecular weight excluding hydrogens is 414 g/mol. The Morgan fingerprint density at radius 1 is 0.968 bits per heavy atom. The Morgan fingerprint density at radius 2 is 1.58 bits per heavy atom. The lowest BCUT2D eigenvalue weighted by Gasteiger charge is -2.27. The summed E-state index contributed by atoms with van der Waals surface area (Å²) in [6, 6.07) is 20.6. The van der Waals surface area contributed by atoms with Crippen LogP contribution in [-0.2, 0) is 11.3 Å². The summed E-state index contributed by atoms with van der Waals surface area (Å²) >= 11 is 5.98. The second-order valence-electron chi connectivity index (χ2n) is 7.52. The molecule has 1 atom stereocenters. The van der Waals surface area contributed by atoms with E-state index in [0.717, 1.165) is 16.7 Å². The fraction of sp³-hybridized carbons (Fsp3) is 0.120. The largest absolute Gasteiger partial charge is 0.503 e. The molecule has 2 N–H and O–H groups in total. The summed E-state index contributed by atoms with van der Waals surface area (Å²) in [7, 11) is 0. The van der Waals surface area contributed by atoms with Crippen molar-refractivity contribution in [2.75, 3.05) is 0 Å². The molecular formula is C25H20ClNO4. The number of aryl methyl sites for hydroxylation is 1. The van der Waals surface area contributed by atoms with E-state index in [1.807, 2.05) is 43.3 Å². The second kappa shape index (κ2) is 8.28. The number of hydrogen-bond acceptors (Lipinski definition) is 3. The van der Waals surface area contributed by atoms with Crippen molar-refractivity contribution in [3.8, 4) is 0 Å². The highest BCUT2D eigenvalue weighted by atomic mass is 35.5. The first-order chi connectivity index (χ1) is 14.8. The van der Waals surface area contributed by atoms with Crippen molar-refractivity contribution in [2.45, 2.75) is 19.5 Å². The first-order valence-corrected chi connectivity index (χ1v) is 10.1. The van der Waals surface area contributed by atoms with Gasteiger partial charge in [0.1, 0.15) is 0 Å². The predicted molar refractivity (Wildman–Crippen MR) is 119 cm³/mol. The third-order valence-corrected chi connectivity index (χ3v) is 5.66. The molecule has 0 spiro atoms. The van der Waals surface area contributed by atoms with Crippen LogP contribution >= 0.6 is 11.6 Å². The van der Waals surface area contributed by atoms with Gasteiger partial charge in [0, 0.05) is 17.1 Å². The van der Waals surface area contributed by atoms with E-state index in [0.29, 0.717) is 16.2 Å². The van der Waals surface area contributed by atoms with Crippen LogP contribution in [0, 0.1) is 6.92 Å². The topological polar surface area (TPSA) is 77.8 Å². The van der Waals surface area contributed by atoms with Crippen LogP contribution in [0.25, 0.3) is 5.57 Å². The molecule has 31 heavy (non-hydrogen) atoms. The summed E-state index contributed by atoms with van der Waals surface area (Å²) in [4.78, 5) is 25.9. The number of halogens is 1. The van der Waals surface area contributed by atoms with Gasteiger partial charge in [0.15, 0.2) is 5.76 Å². The predicted octanol–water partition coefficient (Wildman–Crippen LogP) is 5.40. The molecule has 1 amide bonds. The molecule has 1 aliphatic rings. The quantitative estimate of drug-likeness (QED) is 0.564. The van der Waals surface area contributed by atoms with E-state index >= 15 is 0 Å². The van der Waals surface area contributed by atoms with Crippen molar-refractivity contribution < 1.29 is 19.8 Å². The highest BCUT2D eigenvalue weighted by Gasteiger charge is 2.41. The van der Waals surface area contributed by atoms with Crippen molar-refractivity contribution >= 4 is 29.1 Å². The van der Waals surface area contributed by atoms with Gasteiger partial charge in [-0.05, 0) is 47.9 Å². The van der Waals surface area contributed by atoms with Gasteiger partial charge in [0.05, 0.1) is 11.6 Å². The number of carboxylic acids is 1. The van der Waals surface area contributed by atoms with Crippen LogP contribution in [0.1, 0.15) is 38.7 Å². The first kappa shape index (κ1) is 20.7. The van der Waals surface area contributed by atoms with Gasteiger partial charge in [-0.3, -0.25) is 4.79 Å². The minimum Gasteiger partial charge on any atom is -0.503 e. The molecule has 3 aromatic rings. The zero-order valence-corrected chi connectivity index (χ0v) is 17.5. The lowest BCUT2D eigenvalue weighted by atomic mass is 9.92. The Morgan fingerprint density at radius 3 is 2.16 bits per heavy atom. The number of carbonyl (C=O) groups excluding carboxylic acids is 1. The van der Waals surface area contributed by atoms with Gasteiger partial charge in [-0.1, -0.05) is 65.7 Å². The van der Waals surface area contributed by atoms with Crippen LogP contribution in [0.15, 0.2) is 78.6 Å². The third-order valence-electron chi connectivity index (χ3n) is 5.41. The summed E-state index contributed by atoms with van der Waals surface area (Å²) < 4.78 is 0. The van der Waals surface area contributed by atoms with Crippen molar-refractivity contribution in [2.24, 2.45) is 0 Å². The summed E-state index contributed by atoms with van der Waals surface area (Å²) in [5, 5.41) is 20.6. The highest BCUT2D eigenvalue weighted by Crippen LogP contribution is 2.43. The van der Waals surface area contributed by atoms with E-state index in [2.05, 4.69) is 0 Å². The molecule has 3 aromatic carbocycles. The molecule has 1 unspecified atom stereocenters. The van der Waals surface area contributed by atoms with Crippen molar-refractivity contribution in [3.05, 3.63) is 111 Å². The van der Waals surface area contributed by atoms with E-state index in [-0.39, 0.29) is 17.9 Å². The molecule has 0 aliphatic carbocycles. The van der Waals surface area contributed by atoms with Crippen LogP contribution in [0.2, 0.25) is 5.02 Å². The number of hydrogen-bond donors (Lipinski definition) is 2. The zero-order chi connectivity index (χ0) is 22.1. The van der Waals surface area contributed by atoms with Crippen LogP contribution < -0.4 is 0 Å². The molecule has 1 heterocycles. The van der Waals surface area contributed by atoms with Gasteiger partial charge in [-0.25, -0.2) is 4.79 Å². The maximum Gasteiger partial charge on any atom is 0.335 e. The number of nitrogens with zero attached hydrogens (tertiary/aromatic N) is 1. The monoisotopic (exact) mass is 433 g/mol. The Labute approximate surface area is 184 Å². The number of carbonyl (C=O) groups is 2. The van der Waals surface area contributed by atoms with Gasteiger partial charge in [0.2, 0.25) is 0 Å². The average molecular weight is 434 g/mol. The maximum absolute atomic E-state index is 13.1. The Balaban J connectivity index is 1.80. The summed E-state index contributed by atoms with van der Waals surface area (Å²) in [6.45, 7) is 2.23. The van der Waals surface area contributed by atoms with Crippen molar-refractivity contribution in [1.29, 1.82) is 0 Å². The summed E-state index contributed by atoms with van der Waals surface area (Å²) in [5.41, 5.74) is 4.04. The maximum atomic E-state index is 13.1. The van der Waals surface area contributed by atoms with Crippen LogP contribution in [-0.4, -0.2) is 27.0 Å². The molecule has 1 aliphatic heterocycles. The fourth-order valence-corrected chi connectivity index (χ4v) is 3.91. The number of rotatable bonds is 5. The SMILES string of the molecule is Cc1ccc(C2=C(O)C(=O)N(Cc3ccc(Cl)cc3)C2c2ccc(C(=O)O)cc2)cc1. The molecule has 4 rings (SSSR count). The van der Waals surface area contributed by atoms with Crippen LogP contribution in [0.4, 0.5) is 0 Å². The molecule has 6 heteroatoms.